The van der Waals surface area contributed by atoms with Crippen molar-refractivity contribution in [2.75, 3.05) is 17.2 Å². The number of anilines is 2. The number of aromatic amines is 1. The molecule has 0 atom stereocenters. The van der Waals surface area contributed by atoms with Gasteiger partial charge >= 0.3 is 12.3 Å². The monoisotopic (exact) mass is 464 g/mol. The van der Waals surface area contributed by atoms with Crippen molar-refractivity contribution in [3.63, 3.8) is 0 Å². The predicted molar refractivity (Wildman–Crippen MR) is 125 cm³/mol. The Bertz CT molecular complexity index is 1090. The SMILES string of the molecule is CCCCn1c(N)c(N(CCC(C)C)C(=O)/C=C/c2ccccc2OC(F)F)c(=O)[nH]c1=O. The van der Waals surface area contributed by atoms with E-state index in [9.17, 15) is 23.2 Å². The summed E-state index contributed by atoms with van der Waals surface area (Å²) in [7, 11) is 0. The first-order valence-corrected chi connectivity index (χ1v) is 10.8. The Kier molecular flexibility index (Phi) is 9.38. The van der Waals surface area contributed by atoms with Gasteiger partial charge in [0.05, 0.1) is 0 Å². The van der Waals surface area contributed by atoms with Gasteiger partial charge in [-0.3, -0.25) is 19.1 Å². The van der Waals surface area contributed by atoms with Crippen LogP contribution in [-0.2, 0) is 11.3 Å². The largest absolute Gasteiger partial charge is 0.434 e. The molecule has 0 unspecified atom stereocenters. The molecule has 180 valence electrons. The van der Waals surface area contributed by atoms with E-state index in [0.717, 1.165) is 12.5 Å². The smallest absolute Gasteiger partial charge is 0.387 e. The molecule has 0 saturated heterocycles. The Morgan fingerprint density at radius 3 is 2.61 bits per heavy atom. The van der Waals surface area contributed by atoms with Gasteiger partial charge in [-0.15, -0.1) is 0 Å². The highest BCUT2D eigenvalue weighted by atomic mass is 19.3. The maximum absolute atomic E-state index is 13.1. The fourth-order valence-electron chi connectivity index (χ4n) is 3.17. The van der Waals surface area contributed by atoms with Crippen LogP contribution in [0.2, 0.25) is 0 Å². The molecule has 33 heavy (non-hydrogen) atoms. The third-order valence-electron chi connectivity index (χ3n) is 4.96. The second kappa shape index (κ2) is 12.0. The number of carbonyl (C=O) groups excluding carboxylic acids is 1. The Morgan fingerprint density at radius 2 is 1.97 bits per heavy atom. The van der Waals surface area contributed by atoms with E-state index in [2.05, 4.69) is 9.72 Å². The first-order chi connectivity index (χ1) is 15.6. The molecule has 1 aromatic carbocycles. The molecule has 0 spiro atoms. The van der Waals surface area contributed by atoms with E-state index in [4.69, 9.17) is 5.73 Å². The number of hydrogen-bond donors (Lipinski definition) is 2. The number of aromatic nitrogens is 2. The van der Waals surface area contributed by atoms with Gasteiger partial charge in [0.25, 0.3) is 11.5 Å². The summed E-state index contributed by atoms with van der Waals surface area (Å²) in [6.45, 7) is 3.34. The van der Waals surface area contributed by atoms with E-state index >= 15 is 0 Å². The van der Waals surface area contributed by atoms with E-state index in [-0.39, 0.29) is 35.3 Å². The van der Waals surface area contributed by atoms with Gasteiger partial charge in [-0.1, -0.05) is 45.4 Å². The van der Waals surface area contributed by atoms with Crippen molar-refractivity contribution in [1.29, 1.82) is 0 Å². The van der Waals surface area contributed by atoms with Gasteiger partial charge in [0.15, 0.2) is 5.69 Å². The van der Waals surface area contributed by atoms with Crippen LogP contribution in [0.1, 0.15) is 45.6 Å². The third kappa shape index (κ3) is 7.03. The average molecular weight is 465 g/mol. The summed E-state index contributed by atoms with van der Waals surface area (Å²) in [6.07, 6.45) is 4.53. The van der Waals surface area contributed by atoms with Crippen LogP contribution in [0, 0.1) is 5.92 Å². The Balaban J connectivity index is 2.48. The zero-order valence-corrected chi connectivity index (χ0v) is 19.0. The molecule has 1 heterocycles. The first-order valence-electron chi connectivity index (χ1n) is 10.8. The number of hydrogen-bond acceptors (Lipinski definition) is 5. The van der Waals surface area contributed by atoms with Crippen molar-refractivity contribution in [1.82, 2.24) is 9.55 Å². The summed E-state index contributed by atoms with van der Waals surface area (Å²) in [4.78, 5) is 41.5. The fourth-order valence-corrected chi connectivity index (χ4v) is 3.17. The summed E-state index contributed by atoms with van der Waals surface area (Å²) in [5, 5.41) is 0. The molecular formula is C23H30F2N4O4. The summed E-state index contributed by atoms with van der Waals surface area (Å²) < 4.78 is 31.1. The minimum atomic E-state index is -3.01. The number of benzene rings is 1. The second-order valence-corrected chi connectivity index (χ2v) is 7.92. The van der Waals surface area contributed by atoms with Crippen LogP contribution in [-0.4, -0.2) is 28.6 Å². The average Bonchev–Trinajstić information content (AvgIpc) is 2.74. The minimum absolute atomic E-state index is 0.0873. The van der Waals surface area contributed by atoms with Crippen molar-refractivity contribution in [3.05, 3.63) is 56.7 Å². The van der Waals surface area contributed by atoms with Crippen LogP contribution < -0.4 is 26.6 Å². The second-order valence-electron chi connectivity index (χ2n) is 7.92. The van der Waals surface area contributed by atoms with E-state index in [0.29, 0.717) is 19.4 Å². The summed E-state index contributed by atoms with van der Waals surface area (Å²) in [6, 6.07) is 6.03. The molecule has 3 N–H and O–H groups in total. The quantitative estimate of drug-likeness (QED) is 0.494. The van der Waals surface area contributed by atoms with Gasteiger partial charge in [0.1, 0.15) is 11.6 Å². The highest BCUT2D eigenvalue weighted by Gasteiger charge is 2.23. The van der Waals surface area contributed by atoms with E-state index in [1.165, 1.54) is 33.7 Å². The van der Waals surface area contributed by atoms with E-state index in [1.54, 1.807) is 6.07 Å². The molecule has 0 bridgehead atoms. The number of nitrogen functional groups attached to an aromatic ring is 1. The zero-order valence-electron chi connectivity index (χ0n) is 19.0. The third-order valence-corrected chi connectivity index (χ3v) is 4.96. The maximum Gasteiger partial charge on any atom is 0.387 e. The van der Waals surface area contributed by atoms with Crippen molar-refractivity contribution in [2.24, 2.45) is 5.92 Å². The molecule has 0 saturated carbocycles. The Labute approximate surface area is 190 Å². The molecule has 0 aliphatic heterocycles. The van der Waals surface area contributed by atoms with Crippen LogP contribution in [0.25, 0.3) is 6.08 Å². The van der Waals surface area contributed by atoms with Crippen molar-refractivity contribution >= 4 is 23.5 Å². The number of nitrogens with two attached hydrogens (primary N) is 1. The molecular weight excluding hydrogens is 434 g/mol. The maximum atomic E-state index is 13.1. The highest BCUT2D eigenvalue weighted by molar-refractivity contribution is 6.05. The number of nitrogens with zero attached hydrogens (tertiary/aromatic N) is 2. The van der Waals surface area contributed by atoms with Crippen molar-refractivity contribution in [2.45, 2.75) is 53.2 Å². The molecule has 2 rings (SSSR count). The highest BCUT2D eigenvalue weighted by Crippen LogP contribution is 2.23. The topological polar surface area (TPSA) is 110 Å². The van der Waals surface area contributed by atoms with Crippen LogP contribution >= 0.6 is 0 Å². The molecule has 10 heteroatoms. The number of para-hydroxylation sites is 1. The molecule has 8 nitrogen and oxygen atoms in total. The molecule has 0 radical (unpaired) electrons. The number of ether oxygens (including phenoxy) is 1. The number of alkyl halides is 2. The number of carbonyl (C=O) groups is 1. The molecule has 0 aliphatic rings. The van der Waals surface area contributed by atoms with Gasteiger partial charge < -0.3 is 15.4 Å². The lowest BCUT2D eigenvalue weighted by atomic mass is 10.1. The number of halogens is 2. The molecule has 0 fully saturated rings. The lowest BCUT2D eigenvalue weighted by Crippen LogP contribution is -2.41. The zero-order chi connectivity index (χ0) is 24.5. The van der Waals surface area contributed by atoms with E-state index in [1.807, 2.05) is 20.8 Å². The standard InChI is InChI=1S/C23H30F2N4O4/c1-4-5-13-29-20(26)19(21(31)27-23(29)32)28(14-12-15(2)3)18(30)11-10-16-8-6-7-9-17(16)33-22(24)25/h6-11,15,22H,4-5,12-14,26H2,1-3H3,(H,27,31,32)/b11-10+. The molecule has 1 aromatic heterocycles. The number of H-pyrrole nitrogens is 1. The summed E-state index contributed by atoms with van der Waals surface area (Å²) in [5.74, 6) is -0.545. The molecule has 1 amide bonds. The van der Waals surface area contributed by atoms with E-state index < -0.39 is 23.8 Å². The predicted octanol–water partition coefficient (Wildman–Crippen LogP) is 3.61. The minimum Gasteiger partial charge on any atom is -0.434 e. The van der Waals surface area contributed by atoms with Crippen LogP contribution in [0.15, 0.2) is 39.9 Å². The van der Waals surface area contributed by atoms with Crippen molar-refractivity contribution in [3.8, 4) is 5.75 Å². The summed E-state index contributed by atoms with van der Waals surface area (Å²) >= 11 is 0. The lowest BCUT2D eigenvalue weighted by Gasteiger charge is -2.24. The van der Waals surface area contributed by atoms with Crippen LogP contribution in [0.5, 0.6) is 5.75 Å². The molecule has 2 aromatic rings. The number of amides is 1. The Morgan fingerprint density at radius 1 is 1.27 bits per heavy atom. The van der Waals surface area contributed by atoms with Gasteiger partial charge in [-0.25, -0.2) is 4.79 Å². The Hall–Kier alpha value is -3.43. The van der Waals surface area contributed by atoms with Gasteiger partial charge in [-0.05, 0) is 30.9 Å². The molecule has 0 aliphatic carbocycles. The van der Waals surface area contributed by atoms with Gasteiger partial charge in [0.2, 0.25) is 0 Å². The fraction of sp³-hybridized carbons (Fsp3) is 0.435. The lowest BCUT2D eigenvalue weighted by molar-refractivity contribution is -0.114. The summed E-state index contributed by atoms with van der Waals surface area (Å²) in [5.41, 5.74) is 4.93. The number of unbranched alkanes of at least 4 members (excludes halogenated alkanes) is 1. The number of rotatable bonds is 11. The van der Waals surface area contributed by atoms with Crippen LogP contribution in [0.4, 0.5) is 20.3 Å². The normalized spacial score (nSPS) is 11.5. The number of nitrogens with one attached hydrogen (secondary N) is 1. The van der Waals surface area contributed by atoms with Gasteiger partial charge in [0, 0.05) is 24.7 Å². The van der Waals surface area contributed by atoms with Gasteiger partial charge in [-0.2, -0.15) is 8.78 Å². The van der Waals surface area contributed by atoms with Crippen molar-refractivity contribution < 1.29 is 18.3 Å². The van der Waals surface area contributed by atoms with Crippen LogP contribution in [0.3, 0.4) is 0 Å². The first kappa shape index (κ1) is 25.8.